The third kappa shape index (κ3) is 3.86. The van der Waals surface area contributed by atoms with E-state index >= 15 is 0 Å². The predicted octanol–water partition coefficient (Wildman–Crippen LogP) is 5.10. The first-order valence-corrected chi connectivity index (χ1v) is 8.68. The quantitative estimate of drug-likeness (QED) is 0.631. The smallest absolute Gasteiger partial charge is 0.291 e. The minimum atomic E-state index is -0.554. The Morgan fingerprint density at radius 3 is 2.35 bits per heavy atom. The monoisotopic (exact) mass is 427 g/mol. The summed E-state index contributed by atoms with van der Waals surface area (Å²) in [6.07, 6.45) is 1.27. The fourth-order valence-electron chi connectivity index (χ4n) is 2.14. The van der Waals surface area contributed by atoms with Gasteiger partial charge in [-0.2, -0.15) is 9.78 Å². The van der Waals surface area contributed by atoms with Crippen LogP contribution < -0.4 is 10.9 Å². The molecule has 0 fully saturated rings. The van der Waals surface area contributed by atoms with Crippen LogP contribution in [0, 0.1) is 0 Å². The van der Waals surface area contributed by atoms with Crippen LogP contribution in [0.5, 0.6) is 0 Å². The van der Waals surface area contributed by atoms with Gasteiger partial charge in [-0.15, -0.1) is 0 Å². The van der Waals surface area contributed by atoms with Gasteiger partial charge < -0.3 is 5.32 Å². The lowest BCUT2D eigenvalue weighted by Gasteiger charge is -2.09. The van der Waals surface area contributed by atoms with Crippen molar-refractivity contribution in [2.24, 2.45) is 0 Å². The van der Waals surface area contributed by atoms with E-state index in [0.717, 1.165) is 4.68 Å². The number of nitrogens with zero attached hydrogens (tertiary/aromatic N) is 2. The summed E-state index contributed by atoms with van der Waals surface area (Å²) in [4.78, 5) is 24.5. The molecule has 0 aliphatic rings. The van der Waals surface area contributed by atoms with Crippen molar-refractivity contribution in [1.82, 2.24) is 9.78 Å². The van der Waals surface area contributed by atoms with Crippen LogP contribution in [0.25, 0.3) is 5.69 Å². The molecule has 0 aliphatic carbocycles. The molecule has 3 rings (SSSR count). The summed E-state index contributed by atoms with van der Waals surface area (Å²) in [5.74, 6) is -0.379. The molecule has 5 nitrogen and oxygen atoms in total. The number of halogens is 4. The van der Waals surface area contributed by atoms with Crippen molar-refractivity contribution in [2.45, 2.75) is 0 Å². The Bertz CT molecular complexity index is 1050. The molecule has 26 heavy (non-hydrogen) atoms. The van der Waals surface area contributed by atoms with Crippen LogP contribution in [0.4, 0.5) is 5.69 Å². The van der Waals surface area contributed by atoms with Gasteiger partial charge >= 0.3 is 0 Å². The summed E-state index contributed by atoms with van der Waals surface area (Å²) in [6.45, 7) is 0. The molecule has 1 aromatic heterocycles. The fourth-order valence-corrected chi connectivity index (χ4v) is 2.73. The fraction of sp³-hybridized carbons (Fsp3) is 0. The number of aromatic nitrogens is 2. The van der Waals surface area contributed by atoms with E-state index in [0.29, 0.717) is 27.0 Å². The number of carbonyl (C=O) groups excluding carboxylic acids is 1. The molecule has 0 saturated heterocycles. The maximum absolute atomic E-state index is 12.4. The highest BCUT2D eigenvalue weighted by Gasteiger charge is 2.12. The SMILES string of the molecule is O=C(Nc1cc(Cl)ccc1Cl)c1ccc(-n2ncc(Cl)c(Cl)c2=O)cc1. The molecule has 0 unspecified atom stereocenters. The summed E-state index contributed by atoms with van der Waals surface area (Å²) >= 11 is 23.5. The Hall–Kier alpha value is -2.05. The second kappa shape index (κ2) is 7.68. The lowest BCUT2D eigenvalue weighted by molar-refractivity contribution is 0.102. The van der Waals surface area contributed by atoms with E-state index in [1.807, 2.05) is 0 Å². The Balaban J connectivity index is 1.86. The molecule has 1 amide bonds. The standard InChI is InChI=1S/C17H9Cl4N3O2/c18-10-3-6-12(19)14(7-10)23-16(25)9-1-4-11(5-2-9)24-17(26)15(21)13(20)8-22-24/h1-8H,(H,23,25). The summed E-state index contributed by atoms with van der Waals surface area (Å²) in [7, 11) is 0. The van der Waals surface area contributed by atoms with Crippen LogP contribution in [0.1, 0.15) is 10.4 Å². The molecular weight excluding hydrogens is 420 g/mol. The lowest BCUT2D eigenvalue weighted by atomic mass is 10.2. The van der Waals surface area contributed by atoms with E-state index in [1.54, 1.807) is 42.5 Å². The Morgan fingerprint density at radius 1 is 0.962 bits per heavy atom. The van der Waals surface area contributed by atoms with E-state index in [4.69, 9.17) is 46.4 Å². The number of hydrogen-bond acceptors (Lipinski definition) is 3. The first-order chi connectivity index (χ1) is 12.4. The number of nitrogens with one attached hydrogen (secondary N) is 1. The maximum atomic E-state index is 12.4. The minimum Gasteiger partial charge on any atom is -0.321 e. The van der Waals surface area contributed by atoms with Crippen molar-refractivity contribution < 1.29 is 4.79 Å². The van der Waals surface area contributed by atoms with Crippen LogP contribution in [0.3, 0.4) is 0 Å². The zero-order chi connectivity index (χ0) is 18.8. The molecule has 0 saturated carbocycles. The number of amides is 1. The minimum absolute atomic E-state index is 0.0716. The average molecular weight is 429 g/mol. The second-order valence-corrected chi connectivity index (χ2v) is 6.78. The number of carbonyl (C=O) groups is 1. The van der Waals surface area contributed by atoms with Crippen molar-refractivity contribution in [3.63, 3.8) is 0 Å². The van der Waals surface area contributed by atoms with Crippen LogP contribution in [-0.4, -0.2) is 15.7 Å². The molecule has 0 spiro atoms. The number of anilines is 1. The van der Waals surface area contributed by atoms with Crippen molar-refractivity contribution >= 4 is 58.0 Å². The van der Waals surface area contributed by atoms with Crippen LogP contribution >= 0.6 is 46.4 Å². The van der Waals surface area contributed by atoms with Crippen LogP contribution in [0.2, 0.25) is 20.1 Å². The second-order valence-electron chi connectivity index (χ2n) is 5.15. The molecule has 3 aromatic rings. The number of benzene rings is 2. The van der Waals surface area contributed by atoms with Crippen molar-refractivity contribution in [3.8, 4) is 5.69 Å². The molecule has 132 valence electrons. The average Bonchev–Trinajstić information content (AvgIpc) is 2.63. The van der Waals surface area contributed by atoms with Gasteiger partial charge in [0.05, 0.1) is 27.6 Å². The van der Waals surface area contributed by atoms with Gasteiger partial charge in [0.15, 0.2) is 0 Å². The van der Waals surface area contributed by atoms with E-state index in [2.05, 4.69) is 10.4 Å². The number of hydrogen-bond donors (Lipinski definition) is 1. The van der Waals surface area contributed by atoms with Crippen LogP contribution in [0.15, 0.2) is 53.5 Å². The summed E-state index contributed by atoms with van der Waals surface area (Å²) < 4.78 is 1.09. The highest BCUT2D eigenvalue weighted by Crippen LogP contribution is 2.26. The normalized spacial score (nSPS) is 10.6. The molecule has 9 heteroatoms. The van der Waals surface area contributed by atoms with Crippen molar-refractivity contribution in [1.29, 1.82) is 0 Å². The van der Waals surface area contributed by atoms with E-state index < -0.39 is 5.56 Å². The van der Waals surface area contributed by atoms with E-state index in [9.17, 15) is 9.59 Å². The molecule has 0 aliphatic heterocycles. The van der Waals surface area contributed by atoms with Gasteiger partial charge in [-0.25, -0.2) is 0 Å². The highest BCUT2D eigenvalue weighted by molar-refractivity contribution is 6.41. The van der Waals surface area contributed by atoms with Crippen molar-refractivity contribution in [3.05, 3.63) is 84.7 Å². The Morgan fingerprint density at radius 2 is 1.65 bits per heavy atom. The van der Waals surface area contributed by atoms with Crippen molar-refractivity contribution in [2.75, 3.05) is 5.32 Å². The zero-order valence-electron chi connectivity index (χ0n) is 12.8. The summed E-state index contributed by atoms with van der Waals surface area (Å²) in [5, 5.41) is 7.37. The molecule has 0 bridgehead atoms. The molecule has 1 heterocycles. The largest absolute Gasteiger partial charge is 0.321 e. The zero-order valence-corrected chi connectivity index (χ0v) is 15.9. The van der Waals surface area contributed by atoms with Gasteiger partial charge in [0.25, 0.3) is 11.5 Å². The topological polar surface area (TPSA) is 64.0 Å². The van der Waals surface area contributed by atoms with Gasteiger partial charge in [-0.1, -0.05) is 46.4 Å². The summed E-state index contributed by atoms with van der Waals surface area (Å²) in [6, 6.07) is 11.0. The highest BCUT2D eigenvalue weighted by atomic mass is 35.5. The van der Waals surface area contributed by atoms with Gasteiger partial charge in [0.2, 0.25) is 0 Å². The van der Waals surface area contributed by atoms with Gasteiger partial charge in [0, 0.05) is 10.6 Å². The maximum Gasteiger partial charge on any atom is 0.291 e. The molecule has 0 atom stereocenters. The molecule has 0 radical (unpaired) electrons. The lowest BCUT2D eigenvalue weighted by Crippen LogP contribution is -2.21. The van der Waals surface area contributed by atoms with Gasteiger partial charge in [-0.3, -0.25) is 9.59 Å². The van der Waals surface area contributed by atoms with Crippen LogP contribution in [-0.2, 0) is 0 Å². The van der Waals surface area contributed by atoms with E-state index in [1.165, 1.54) is 6.20 Å². The third-order valence-electron chi connectivity index (χ3n) is 3.43. The Kier molecular flexibility index (Phi) is 5.53. The van der Waals surface area contributed by atoms with Gasteiger partial charge in [-0.05, 0) is 42.5 Å². The number of rotatable bonds is 3. The van der Waals surface area contributed by atoms with Gasteiger partial charge in [0.1, 0.15) is 5.02 Å². The molecule has 2 aromatic carbocycles. The van der Waals surface area contributed by atoms with E-state index in [-0.39, 0.29) is 16.0 Å². The summed E-state index contributed by atoms with van der Waals surface area (Å²) in [5.41, 5.74) is 0.640. The molecule has 1 N–H and O–H groups in total. The molecular formula is C17H9Cl4N3O2. The first-order valence-electron chi connectivity index (χ1n) is 7.17. The third-order valence-corrected chi connectivity index (χ3v) is 4.74. The Labute approximate surface area is 168 Å². The first kappa shape index (κ1) is 18.7. The predicted molar refractivity (Wildman–Crippen MR) is 104 cm³/mol.